The molecule has 0 spiro atoms. The fraction of sp³-hybridized carbons (Fsp3) is 0.273. The molecule has 0 nitrogen and oxygen atoms in total. The molecule has 0 aliphatic carbocycles. The van der Waals surface area contributed by atoms with E-state index in [4.69, 9.17) is 11.6 Å². The van der Waals surface area contributed by atoms with Gasteiger partial charge < -0.3 is 0 Å². The highest BCUT2D eigenvalue weighted by Gasteiger charge is 2.02. The molecule has 0 atom stereocenters. The molecule has 0 radical (unpaired) electrons. The van der Waals surface area contributed by atoms with E-state index in [9.17, 15) is 8.78 Å². The number of hydrogen-bond donors (Lipinski definition) is 0. The number of alkyl halides is 1. The summed E-state index contributed by atoms with van der Waals surface area (Å²) in [5.74, 6) is -0.531. The fourth-order valence-electron chi connectivity index (χ4n) is 1.08. The molecule has 0 heterocycles. The lowest BCUT2D eigenvalue weighted by Gasteiger charge is -2.01. The topological polar surface area (TPSA) is 0 Å². The minimum absolute atomic E-state index is 0.252. The van der Waals surface area contributed by atoms with E-state index in [2.05, 4.69) is 0 Å². The molecule has 1 rings (SSSR count). The summed E-state index contributed by atoms with van der Waals surface area (Å²) in [6, 6.07) is 3.37. The van der Waals surface area contributed by atoms with Crippen LogP contribution in [0.3, 0.4) is 0 Å². The van der Waals surface area contributed by atoms with Gasteiger partial charge in [-0.2, -0.15) is 0 Å². The Morgan fingerprint density at radius 3 is 2.71 bits per heavy atom. The minimum atomic E-state index is -0.442. The summed E-state index contributed by atoms with van der Waals surface area (Å²) in [5.41, 5.74) is 1.14. The largest absolute Gasteiger partial charge is 0.207 e. The van der Waals surface area contributed by atoms with E-state index in [0.29, 0.717) is 5.88 Å². The van der Waals surface area contributed by atoms with Crippen LogP contribution < -0.4 is 0 Å². The van der Waals surface area contributed by atoms with Gasteiger partial charge in [0.25, 0.3) is 0 Å². The second kappa shape index (κ2) is 5.11. The Morgan fingerprint density at radius 2 is 2.14 bits per heavy atom. The summed E-state index contributed by atoms with van der Waals surface area (Å²) in [6.07, 6.45) is 2.32. The number of hydrogen-bond acceptors (Lipinski definition) is 0. The highest BCUT2D eigenvalue weighted by atomic mass is 35.5. The van der Waals surface area contributed by atoms with E-state index in [1.54, 1.807) is 6.08 Å². The Morgan fingerprint density at radius 1 is 1.43 bits per heavy atom. The highest BCUT2D eigenvalue weighted by Crippen LogP contribution is 2.15. The van der Waals surface area contributed by atoms with Crippen LogP contribution in [0.2, 0.25) is 0 Å². The van der Waals surface area contributed by atoms with Gasteiger partial charge in [-0.3, -0.25) is 0 Å². The number of allylic oxidation sites excluding steroid dienone is 1. The van der Waals surface area contributed by atoms with Crippen LogP contribution in [0.1, 0.15) is 18.9 Å². The van der Waals surface area contributed by atoms with Crippen molar-refractivity contribution in [1.82, 2.24) is 0 Å². The Balaban J connectivity index is 3.06. The summed E-state index contributed by atoms with van der Waals surface area (Å²) in [4.78, 5) is 0. The van der Waals surface area contributed by atoms with Crippen molar-refractivity contribution in [2.75, 3.05) is 5.88 Å². The van der Waals surface area contributed by atoms with E-state index in [1.807, 2.05) is 6.92 Å². The monoisotopic (exact) mass is 216 g/mol. The molecule has 0 saturated heterocycles. The third-order valence-corrected chi connectivity index (χ3v) is 2.29. The first-order valence-corrected chi connectivity index (χ1v) is 4.91. The lowest BCUT2D eigenvalue weighted by Crippen LogP contribution is -1.88. The minimum Gasteiger partial charge on any atom is -0.207 e. The molecule has 3 heteroatoms. The predicted octanol–water partition coefficient (Wildman–Crippen LogP) is 4.00. The standard InChI is InChI=1S/C11H11ClF2/c1-2-8(7-12)5-9-6-10(13)3-4-11(9)14/h3-6H,2,7H2,1H3/b8-5-. The summed E-state index contributed by atoms with van der Waals surface area (Å²) in [5, 5.41) is 0. The van der Waals surface area contributed by atoms with Gasteiger partial charge in [0.05, 0.1) is 0 Å². The van der Waals surface area contributed by atoms with Crippen molar-refractivity contribution in [2.24, 2.45) is 0 Å². The first-order chi connectivity index (χ1) is 6.67. The second-order valence-corrected chi connectivity index (χ2v) is 3.22. The van der Waals surface area contributed by atoms with Gasteiger partial charge in [0.1, 0.15) is 11.6 Å². The Bertz CT molecular complexity index is 339. The summed E-state index contributed by atoms with van der Waals surface area (Å²) in [7, 11) is 0. The normalized spacial score (nSPS) is 11.9. The van der Waals surface area contributed by atoms with Crippen molar-refractivity contribution < 1.29 is 8.78 Å². The van der Waals surface area contributed by atoms with Crippen LogP contribution in [0, 0.1) is 11.6 Å². The van der Waals surface area contributed by atoms with Gasteiger partial charge in [0.2, 0.25) is 0 Å². The quantitative estimate of drug-likeness (QED) is 0.670. The van der Waals surface area contributed by atoms with Gasteiger partial charge in [0.15, 0.2) is 0 Å². The number of rotatable bonds is 3. The Hall–Kier alpha value is -0.890. The van der Waals surface area contributed by atoms with E-state index >= 15 is 0 Å². The van der Waals surface area contributed by atoms with E-state index in [1.165, 1.54) is 0 Å². The zero-order valence-electron chi connectivity index (χ0n) is 7.86. The van der Waals surface area contributed by atoms with Gasteiger partial charge in [-0.05, 0) is 24.6 Å². The maximum atomic E-state index is 13.1. The zero-order valence-corrected chi connectivity index (χ0v) is 8.61. The molecule has 0 amide bonds. The van der Waals surface area contributed by atoms with Crippen molar-refractivity contribution >= 4 is 17.7 Å². The van der Waals surface area contributed by atoms with Crippen molar-refractivity contribution in [2.45, 2.75) is 13.3 Å². The Labute approximate surface area is 87.2 Å². The molecule has 14 heavy (non-hydrogen) atoms. The molecule has 0 aliphatic rings. The van der Waals surface area contributed by atoms with Crippen LogP contribution in [0.5, 0.6) is 0 Å². The van der Waals surface area contributed by atoms with Crippen LogP contribution in [0.25, 0.3) is 6.08 Å². The van der Waals surface area contributed by atoms with E-state index in [0.717, 1.165) is 30.2 Å². The molecule has 1 aromatic rings. The maximum absolute atomic E-state index is 13.1. The first-order valence-electron chi connectivity index (χ1n) is 4.37. The lowest BCUT2D eigenvalue weighted by atomic mass is 10.1. The second-order valence-electron chi connectivity index (χ2n) is 2.96. The zero-order chi connectivity index (χ0) is 10.6. The van der Waals surface area contributed by atoms with Crippen LogP contribution in [0.15, 0.2) is 23.8 Å². The summed E-state index contributed by atoms with van der Waals surface area (Å²) < 4.78 is 25.9. The van der Waals surface area contributed by atoms with Crippen molar-refractivity contribution in [1.29, 1.82) is 0 Å². The van der Waals surface area contributed by atoms with Crippen molar-refractivity contribution in [3.63, 3.8) is 0 Å². The molecule has 0 N–H and O–H groups in total. The SMILES string of the molecule is CC/C(=C/c1cc(F)ccc1F)CCl. The maximum Gasteiger partial charge on any atom is 0.130 e. The molecule has 0 aromatic heterocycles. The van der Waals surface area contributed by atoms with Crippen LogP contribution in [-0.4, -0.2) is 5.88 Å². The summed E-state index contributed by atoms with van der Waals surface area (Å²) in [6.45, 7) is 1.92. The van der Waals surface area contributed by atoms with Gasteiger partial charge in [-0.25, -0.2) is 8.78 Å². The smallest absolute Gasteiger partial charge is 0.130 e. The molecule has 0 saturated carbocycles. The number of halogens is 3. The molecule has 76 valence electrons. The molecular weight excluding hydrogens is 206 g/mol. The highest BCUT2D eigenvalue weighted by molar-refractivity contribution is 6.19. The summed E-state index contributed by atoms with van der Waals surface area (Å²) >= 11 is 5.63. The molecule has 0 aliphatic heterocycles. The van der Waals surface area contributed by atoms with Crippen molar-refractivity contribution in [3.05, 3.63) is 41.0 Å². The van der Waals surface area contributed by atoms with Gasteiger partial charge >= 0.3 is 0 Å². The average Bonchev–Trinajstić information content (AvgIpc) is 2.19. The average molecular weight is 217 g/mol. The van der Waals surface area contributed by atoms with E-state index in [-0.39, 0.29) is 5.56 Å². The molecule has 0 unspecified atom stereocenters. The number of benzene rings is 1. The van der Waals surface area contributed by atoms with Gasteiger partial charge in [0, 0.05) is 11.4 Å². The fourth-order valence-corrected chi connectivity index (χ4v) is 1.35. The van der Waals surface area contributed by atoms with Crippen LogP contribution in [0.4, 0.5) is 8.78 Å². The first kappa shape index (κ1) is 11.2. The van der Waals surface area contributed by atoms with Gasteiger partial charge in [-0.15, -0.1) is 11.6 Å². The lowest BCUT2D eigenvalue weighted by molar-refractivity contribution is 0.598. The van der Waals surface area contributed by atoms with Crippen LogP contribution >= 0.6 is 11.6 Å². The Kier molecular flexibility index (Phi) is 4.08. The molecule has 1 aromatic carbocycles. The van der Waals surface area contributed by atoms with Crippen molar-refractivity contribution in [3.8, 4) is 0 Å². The van der Waals surface area contributed by atoms with Crippen LogP contribution in [-0.2, 0) is 0 Å². The third kappa shape index (κ3) is 2.81. The predicted molar refractivity (Wildman–Crippen MR) is 55.3 cm³/mol. The molecule has 0 fully saturated rings. The molecular formula is C11H11ClF2. The molecule has 0 bridgehead atoms. The van der Waals surface area contributed by atoms with Gasteiger partial charge in [-0.1, -0.05) is 18.6 Å². The van der Waals surface area contributed by atoms with E-state index < -0.39 is 11.6 Å². The third-order valence-electron chi connectivity index (χ3n) is 1.94.